The first-order chi connectivity index (χ1) is 5.30. The van der Waals surface area contributed by atoms with Gasteiger partial charge in [0.05, 0.1) is 0 Å². The quantitative estimate of drug-likeness (QED) is 0.459. The topological polar surface area (TPSA) is 37.3 Å². The third kappa shape index (κ3) is 6.49. The molecule has 1 N–H and O–H groups in total. The molecule has 0 aromatic heterocycles. The minimum absolute atomic E-state index is 0. The molecule has 1 aliphatic rings. The summed E-state index contributed by atoms with van der Waals surface area (Å²) in [5.74, 6) is 0.0379. The molecule has 0 aliphatic heterocycles. The molecule has 0 aromatic rings. The molecule has 0 bridgehead atoms. The fourth-order valence-electron chi connectivity index (χ4n) is 1.19. The number of aliphatic carboxylic acids is 1. The van der Waals surface area contributed by atoms with Crippen LogP contribution in [0.1, 0.15) is 46.0 Å². The van der Waals surface area contributed by atoms with Crippen molar-refractivity contribution < 1.29 is 61.3 Å². The first-order valence-electron chi connectivity index (χ1n) is 4.38. The molecule has 66 valence electrons. The van der Waals surface area contributed by atoms with E-state index >= 15 is 0 Å². The van der Waals surface area contributed by atoms with Crippen LogP contribution in [0.15, 0.2) is 0 Å². The van der Waals surface area contributed by atoms with Crippen molar-refractivity contribution in [2.24, 2.45) is 0 Å². The van der Waals surface area contributed by atoms with Gasteiger partial charge in [-0.15, -0.1) is 0 Å². The van der Waals surface area contributed by atoms with Crippen LogP contribution in [0.25, 0.3) is 0 Å². The fourth-order valence-corrected chi connectivity index (χ4v) is 1.19. The van der Waals surface area contributed by atoms with Gasteiger partial charge in [-0.2, -0.15) is 12.8 Å². The Morgan fingerprint density at radius 3 is 1.83 bits per heavy atom. The summed E-state index contributed by atoms with van der Waals surface area (Å²) in [6, 6.07) is 0. The van der Waals surface area contributed by atoms with Crippen molar-refractivity contribution in [1.82, 2.24) is 0 Å². The largest absolute Gasteiger partial charge is 1.00 e. The van der Waals surface area contributed by atoms with Crippen LogP contribution in [0.4, 0.5) is 0 Å². The Labute approximate surface area is 118 Å². The molecule has 1 saturated carbocycles. The Balaban J connectivity index is 0. The molecule has 0 saturated heterocycles. The summed E-state index contributed by atoms with van der Waals surface area (Å²) in [4.78, 5) is 10.3. The van der Waals surface area contributed by atoms with Crippen LogP contribution in [-0.4, -0.2) is 11.1 Å². The van der Waals surface area contributed by atoms with Crippen molar-refractivity contribution in [3.05, 3.63) is 5.92 Å². The molecule has 0 spiro atoms. The van der Waals surface area contributed by atoms with Gasteiger partial charge in [0.2, 0.25) is 0 Å². The van der Waals surface area contributed by atoms with E-state index in [2.05, 4.69) is 0 Å². The van der Waals surface area contributed by atoms with E-state index in [0.29, 0.717) is 0 Å². The van der Waals surface area contributed by atoms with Crippen molar-refractivity contribution in [3.63, 3.8) is 0 Å². The van der Waals surface area contributed by atoms with E-state index in [-0.39, 0.29) is 51.4 Å². The Kier molecular flexibility index (Phi) is 13.0. The van der Waals surface area contributed by atoms with Gasteiger partial charge >= 0.3 is 51.4 Å². The van der Waals surface area contributed by atoms with Gasteiger partial charge in [-0.05, 0) is 0 Å². The smallest absolute Gasteiger partial charge is 0.503 e. The van der Waals surface area contributed by atoms with Crippen LogP contribution >= 0.6 is 0 Å². The van der Waals surface area contributed by atoms with Crippen LogP contribution in [-0.2, 0) is 4.79 Å². The van der Waals surface area contributed by atoms with Gasteiger partial charge in [0.25, 0.3) is 0 Å². The van der Waals surface area contributed by atoms with Crippen LogP contribution in [0.5, 0.6) is 0 Å². The van der Waals surface area contributed by atoms with Gasteiger partial charge in [-0.25, -0.2) is 0 Å². The average Bonchev–Trinajstić information content (AvgIpc) is 2.10. The first-order valence-corrected chi connectivity index (χ1v) is 4.38. The normalized spacial score (nSPS) is 15.3. The van der Waals surface area contributed by atoms with Gasteiger partial charge in [-0.3, -0.25) is 10.7 Å². The minimum Gasteiger partial charge on any atom is -0.503 e. The van der Waals surface area contributed by atoms with E-state index in [9.17, 15) is 4.79 Å². The molecular weight excluding hydrogens is 179 g/mol. The molecule has 1 fully saturated rings. The van der Waals surface area contributed by atoms with Crippen LogP contribution in [0, 0.1) is 5.92 Å². The second kappa shape index (κ2) is 10.1. The number of carboxylic acid groups (broad SMARTS) is 1. The van der Waals surface area contributed by atoms with E-state index < -0.39 is 5.97 Å². The summed E-state index contributed by atoms with van der Waals surface area (Å²) in [5.41, 5.74) is 0. The Morgan fingerprint density at radius 2 is 1.58 bits per heavy atom. The zero-order chi connectivity index (χ0) is 8.69. The van der Waals surface area contributed by atoms with Crippen molar-refractivity contribution >= 4 is 5.97 Å². The summed E-state index contributed by atoms with van der Waals surface area (Å²) in [6.45, 7) is 4.00. The number of carbonyl (C=O) groups is 1. The van der Waals surface area contributed by atoms with Crippen molar-refractivity contribution in [3.8, 4) is 0 Å². The standard InChI is InChI=1S/C7H11O2.C2H6.K/c8-7(9)6-4-2-1-3-5-6;1-2;/h1-5H2,(H,8,9);1-2H3;/q-1;;+1. The van der Waals surface area contributed by atoms with E-state index in [1.165, 1.54) is 6.42 Å². The van der Waals surface area contributed by atoms with Crippen molar-refractivity contribution in [2.75, 3.05) is 0 Å². The summed E-state index contributed by atoms with van der Waals surface area (Å²) < 4.78 is 0. The molecule has 0 unspecified atom stereocenters. The predicted octanol–water partition coefficient (Wildman–Crippen LogP) is -0.360. The summed E-state index contributed by atoms with van der Waals surface area (Å²) in [7, 11) is 0. The first kappa shape index (κ1) is 15.4. The van der Waals surface area contributed by atoms with Crippen LogP contribution in [0.2, 0.25) is 0 Å². The maximum Gasteiger partial charge on any atom is 1.00 e. The summed E-state index contributed by atoms with van der Waals surface area (Å²) in [5, 5.41) is 8.50. The van der Waals surface area contributed by atoms with E-state index in [1.807, 2.05) is 13.8 Å². The van der Waals surface area contributed by atoms with Crippen molar-refractivity contribution in [2.45, 2.75) is 46.0 Å². The molecule has 0 amide bonds. The number of carboxylic acids is 1. The van der Waals surface area contributed by atoms with Crippen LogP contribution in [0.3, 0.4) is 0 Å². The molecule has 0 aromatic carbocycles. The third-order valence-electron chi connectivity index (χ3n) is 1.76. The molecule has 2 nitrogen and oxygen atoms in total. The van der Waals surface area contributed by atoms with E-state index in [1.54, 1.807) is 0 Å². The van der Waals surface area contributed by atoms with Gasteiger partial charge < -0.3 is 5.11 Å². The number of hydrogen-bond acceptors (Lipinski definition) is 1. The molecule has 0 heterocycles. The van der Waals surface area contributed by atoms with Gasteiger partial charge in [0, 0.05) is 0 Å². The molecule has 0 atom stereocenters. The molecule has 1 rings (SSSR count). The minimum atomic E-state index is -0.685. The number of hydrogen-bond donors (Lipinski definition) is 1. The Morgan fingerprint density at radius 1 is 1.17 bits per heavy atom. The third-order valence-corrected chi connectivity index (χ3v) is 1.76. The van der Waals surface area contributed by atoms with E-state index in [0.717, 1.165) is 31.6 Å². The zero-order valence-corrected chi connectivity index (χ0v) is 11.5. The number of rotatable bonds is 1. The van der Waals surface area contributed by atoms with Gasteiger partial charge in [-0.1, -0.05) is 33.1 Å². The molecular formula is C9H17KO2. The second-order valence-electron chi connectivity index (χ2n) is 2.47. The van der Waals surface area contributed by atoms with Crippen LogP contribution < -0.4 is 51.4 Å². The zero-order valence-electron chi connectivity index (χ0n) is 8.39. The molecule has 3 heteroatoms. The van der Waals surface area contributed by atoms with E-state index in [4.69, 9.17) is 5.11 Å². The van der Waals surface area contributed by atoms with Crippen molar-refractivity contribution in [1.29, 1.82) is 0 Å². The van der Waals surface area contributed by atoms with Gasteiger partial charge in [0.15, 0.2) is 5.97 Å². The maximum atomic E-state index is 10.3. The Bertz CT molecular complexity index is 109. The SMILES string of the molecule is CC.O=C(O)[C-]1CCCCC1.[K+]. The monoisotopic (exact) mass is 196 g/mol. The molecule has 0 radical (unpaired) electrons. The second-order valence-corrected chi connectivity index (χ2v) is 2.47. The van der Waals surface area contributed by atoms with Gasteiger partial charge in [0.1, 0.15) is 0 Å². The predicted molar refractivity (Wildman–Crippen MR) is 45.3 cm³/mol. The fraction of sp³-hybridized carbons (Fsp3) is 0.778. The molecule has 12 heavy (non-hydrogen) atoms. The average molecular weight is 196 g/mol. The maximum absolute atomic E-state index is 10.3. The summed E-state index contributed by atoms with van der Waals surface area (Å²) in [6.07, 6.45) is 4.98. The Hall–Kier alpha value is 0.976. The molecule has 1 aliphatic carbocycles. The summed E-state index contributed by atoms with van der Waals surface area (Å²) >= 11 is 0.